The summed E-state index contributed by atoms with van der Waals surface area (Å²) in [6.45, 7) is 9.79. The molecule has 1 N–H and O–H groups in total. The third kappa shape index (κ3) is 3.37. The lowest BCUT2D eigenvalue weighted by molar-refractivity contribution is -0.0131. The fourth-order valence-electron chi connectivity index (χ4n) is 4.04. The molecule has 1 saturated heterocycles. The molecule has 1 aromatic carbocycles. The number of rotatable bonds is 4. The molecule has 25 heavy (non-hydrogen) atoms. The predicted octanol–water partition coefficient (Wildman–Crippen LogP) is 3.19. The van der Waals surface area contributed by atoms with E-state index in [1.54, 1.807) is 19.9 Å². The number of anilines is 1. The average molecular weight is 368 g/mol. The Labute approximate surface area is 150 Å². The molecule has 2 aliphatic rings. The van der Waals surface area contributed by atoms with Crippen LogP contribution >= 0.6 is 0 Å². The first kappa shape index (κ1) is 18.5. The maximum atomic E-state index is 11.8. The van der Waals surface area contributed by atoms with Crippen molar-refractivity contribution in [2.45, 2.75) is 64.6 Å². The van der Waals surface area contributed by atoms with Crippen LogP contribution in [0.15, 0.2) is 18.2 Å². The van der Waals surface area contributed by atoms with E-state index in [1.165, 1.54) is 19.3 Å². The van der Waals surface area contributed by atoms with E-state index in [-0.39, 0.29) is 17.7 Å². The van der Waals surface area contributed by atoms with Gasteiger partial charge in [0.15, 0.2) is 6.23 Å². The van der Waals surface area contributed by atoms with E-state index >= 15 is 0 Å². The molecule has 0 amide bonds. The van der Waals surface area contributed by atoms with Gasteiger partial charge in [-0.2, -0.15) is 8.42 Å². The van der Waals surface area contributed by atoms with Crippen molar-refractivity contribution in [1.82, 2.24) is 4.90 Å². The number of hydrogen-bond acceptors (Lipinski definition) is 4. The second-order valence-corrected chi connectivity index (χ2v) is 9.13. The maximum absolute atomic E-state index is 11.8. The normalized spacial score (nSPS) is 23.4. The summed E-state index contributed by atoms with van der Waals surface area (Å²) in [6, 6.07) is 4.97. The van der Waals surface area contributed by atoms with Crippen LogP contribution in [0.4, 0.5) is 5.69 Å². The van der Waals surface area contributed by atoms with E-state index in [9.17, 15) is 13.0 Å². The molecule has 7 heteroatoms. The number of nitrogens with zero attached hydrogens (tertiary/aromatic N) is 2. The molecule has 0 saturated carbocycles. The van der Waals surface area contributed by atoms with Gasteiger partial charge in [0.05, 0.1) is 5.69 Å². The third-order valence-electron chi connectivity index (χ3n) is 5.21. The zero-order valence-corrected chi connectivity index (χ0v) is 16.2. The maximum Gasteiger partial charge on any atom is 0.360 e. The lowest BCUT2D eigenvalue weighted by Crippen LogP contribution is -2.49. The Hall–Kier alpha value is -1.31. The number of fused-ring (bicyclic) bond motifs is 1. The quantitative estimate of drug-likeness (QED) is 0.827. The molecule has 1 fully saturated rings. The molecular formula is C18H28N2O4S. The van der Waals surface area contributed by atoms with Crippen LogP contribution in [-0.4, -0.2) is 43.2 Å². The van der Waals surface area contributed by atoms with Gasteiger partial charge in [0.1, 0.15) is 5.75 Å². The van der Waals surface area contributed by atoms with Crippen molar-refractivity contribution >= 4 is 16.0 Å². The first-order valence-corrected chi connectivity index (χ1v) is 10.3. The number of ether oxygens (including phenoxy) is 1. The van der Waals surface area contributed by atoms with Crippen LogP contribution in [0.2, 0.25) is 0 Å². The van der Waals surface area contributed by atoms with Crippen LogP contribution in [0.5, 0.6) is 5.75 Å². The highest BCUT2D eigenvalue weighted by molar-refractivity contribution is 7.87. The molecule has 0 bridgehead atoms. The molecule has 1 unspecified atom stereocenters. The molecule has 0 aromatic heterocycles. The Kier molecular flexibility index (Phi) is 4.77. The van der Waals surface area contributed by atoms with Crippen LogP contribution in [-0.2, 0) is 15.7 Å². The second kappa shape index (κ2) is 6.45. The van der Waals surface area contributed by atoms with Gasteiger partial charge in [-0.15, -0.1) is 0 Å². The van der Waals surface area contributed by atoms with E-state index in [2.05, 4.69) is 18.7 Å². The highest BCUT2D eigenvalue weighted by Crippen LogP contribution is 2.46. The van der Waals surface area contributed by atoms with Gasteiger partial charge in [-0.3, -0.25) is 9.45 Å². The molecule has 1 aromatic rings. The second-order valence-electron chi connectivity index (χ2n) is 7.84. The first-order valence-electron chi connectivity index (χ1n) is 8.94. The topological polar surface area (TPSA) is 70.1 Å². The minimum atomic E-state index is -4.32. The van der Waals surface area contributed by atoms with Crippen molar-refractivity contribution in [3.8, 4) is 5.75 Å². The lowest BCUT2D eigenvalue weighted by Gasteiger charge is -2.38. The highest BCUT2D eigenvalue weighted by atomic mass is 32.2. The summed E-state index contributed by atoms with van der Waals surface area (Å²) in [5.41, 5.74) is 1.19. The predicted molar refractivity (Wildman–Crippen MR) is 98.5 cm³/mol. The van der Waals surface area contributed by atoms with Gasteiger partial charge < -0.3 is 4.74 Å². The van der Waals surface area contributed by atoms with E-state index < -0.39 is 10.3 Å². The van der Waals surface area contributed by atoms with Crippen molar-refractivity contribution in [3.63, 3.8) is 0 Å². The van der Waals surface area contributed by atoms with Gasteiger partial charge in [0.25, 0.3) is 0 Å². The van der Waals surface area contributed by atoms with Crippen molar-refractivity contribution in [3.05, 3.63) is 23.8 Å². The van der Waals surface area contributed by atoms with Crippen molar-refractivity contribution in [1.29, 1.82) is 0 Å². The van der Waals surface area contributed by atoms with E-state index in [0.29, 0.717) is 5.69 Å². The Morgan fingerprint density at radius 3 is 2.44 bits per heavy atom. The van der Waals surface area contributed by atoms with Crippen molar-refractivity contribution in [2.24, 2.45) is 0 Å². The monoisotopic (exact) mass is 368 g/mol. The SMILES string of the molecule is CC(C)N(c1ccc2c(c1)C(C)(C)C(N1CCCCC1)O2)S(=O)(=O)O. The standard InChI is InChI=1S/C18H28N2O4S/c1-13(2)20(25(21,22)23)14-8-9-16-15(12-14)18(3,4)17(24-16)19-10-6-5-7-11-19/h8-9,12-13,17H,5-7,10-11H2,1-4H3,(H,21,22,23). The van der Waals surface area contributed by atoms with E-state index in [4.69, 9.17) is 4.74 Å². The molecule has 0 aliphatic carbocycles. The van der Waals surface area contributed by atoms with Crippen LogP contribution in [0.1, 0.15) is 52.5 Å². The van der Waals surface area contributed by atoms with Crippen LogP contribution < -0.4 is 9.04 Å². The van der Waals surface area contributed by atoms with Gasteiger partial charge >= 0.3 is 10.3 Å². The Morgan fingerprint density at radius 1 is 1.24 bits per heavy atom. The minimum absolute atomic E-state index is 0.0451. The third-order valence-corrected chi connectivity index (χ3v) is 6.34. The van der Waals surface area contributed by atoms with E-state index in [1.807, 2.05) is 12.1 Å². The molecule has 140 valence electrons. The molecule has 1 atom stereocenters. The fourth-order valence-corrected chi connectivity index (χ4v) is 4.96. The molecule has 6 nitrogen and oxygen atoms in total. The summed E-state index contributed by atoms with van der Waals surface area (Å²) in [7, 11) is -4.32. The van der Waals surface area contributed by atoms with Crippen LogP contribution in [0, 0.1) is 0 Å². The fraction of sp³-hybridized carbons (Fsp3) is 0.667. The highest BCUT2D eigenvalue weighted by Gasteiger charge is 2.45. The van der Waals surface area contributed by atoms with Crippen LogP contribution in [0.3, 0.4) is 0 Å². The average Bonchev–Trinajstić information content (AvgIpc) is 2.78. The van der Waals surface area contributed by atoms with Gasteiger partial charge in [-0.25, -0.2) is 4.31 Å². The molecule has 2 heterocycles. The summed E-state index contributed by atoms with van der Waals surface area (Å²) in [6.07, 6.45) is 3.58. The molecule has 3 rings (SSSR count). The smallest absolute Gasteiger partial charge is 0.360 e. The lowest BCUT2D eigenvalue weighted by atomic mass is 9.83. The minimum Gasteiger partial charge on any atom is -0.474 e. The Balaban J connectivity index is 1.97. The summed E-state index contributed by atoms with van der Waals surface area (Å²) >= 11 is 0. The van der Waals surface area contributed by atoms with Crippen molar-refractivity contribution < 1.29 is 17.7 Å². The summed E-state index contributed by atoms with van der Waals surface area (Å²) in [5.74, 6) is 0.795. The van der Waals surface area contributed by atoms with Gasteiger partial charge in [-0.05, 0) is 44.9 Å². The number of hydrogen-bond donors (Lipinski definition) is 1. The largest absolute Gasteiger partial charge is 0.474 e. The Bertz CT molecular complexity index is 739. The van der Waals surface area contributed by atoms with Crippen molar-refractivity contribution in [2.75, 3.05) is 17.4 Å². The zero-order chi connectivity index (χ0) is 18.4. The number of likely N-dealkylation sites (tertiary alicyclic amines) is 1. The van der Waals surface area contributed by atoms with Gasteiger partial charge in [-0.1, -0.05) is 20.3 Å². The molecular weight excluding hydrogens is 340 g/mol. The van der Waals surface area contributed by atoms with Gasteiger partial charge in [0, 0.05) is 30.1 Å². The van der Waals surface area contributed by atoms with E-state index in [0.717, 1.165) is 28.7 Å². The molecule has 0 radical (unpaired) electrons. The molecule has 0 spiro atoms. The number of piperidine rings is 1. The Morgan fingerprint density at radius 2 is 1.88 bits per heavy atom. The summed E-state index contributed by atoms with van der Waals surface area (Å²) in [4.78, 5) is 2.38. The number of benzene rings is 1. The zero-order valence-electron chi connectivity index (χ0n) is 15.4. The van der Waals surface area contributed by atoms with Gasteiger partial charge in [0.2, 0.25) is 0 Å². The molecule has 2 aliphatic heterocycles. The summed E-state index contributed by atoms with van der Waals surface area (Å²) < 4.78 is 40.4. The first-order chi connectivity index (χ1) is 11.6. The summed E-state index contributed by atoms with van der Waals surface area (Å²) in [5, 5.41) is 0. The van der Waals surface area contributed by atoms with Crippen LogP contribution in [0.25, 0.3) is 0 Å².